The fraction of sp³-hybridized carbons (Fsp3) is 0.0769. The number of halogens is 3. The molecule has 0 atom stereocenters. The highest BCUT2D eigenvalue weighted by atomic mass is 79.9. The number of nitrogens with one attached hydrogen (secondary N) is 1. The molecule has 2 rings (SSSR count). The van der Waals surface area contributed by atoms with Crippen molar-refractivity contribution in [1.82, 2.24) is 0 Å². The van der Waals surface area contributed by atoms with Gasteiger partial charge in [0.05, 0.1) is 5.02 Å². The van der Waals surface area contributed by atoms with Crippen molar-refractivity contribution in [3.8, 4) is 5.75 Å². The summed E-state index contributed by atoms with van der Waals surface area (Å²) in [7, 11) is 0. The number of aromatic hydroxyl groups is 1. The molecule has 0 amide bonds. The highest BCUT2D eigenvalue weighted by molar-refractivity contribution is 9.10. The van der Waals surface area contributed by atoms with E-state index in [1.54, 1.807) is 12.1 Å². The molecule has 0 aromatic heterocycles. The fourth-order valence-electron chi connectivity index (χ4n) is 1.50. The van der Waals surface area contributed by atoms with Crippen LogP contribution in [0, 0.1) is 0 Å². The van der Waals surface area contributed by atoms with Gasteiger partial charge in [-0.05, 0) is 52.3 Å². The van der Waals surface area contributed by atoms with Crippen LogP contribution in [0.3, 0.4) is 0 Å². The standard InChI is InChI=1S/C13H10Br2ClNO/c14-9-1-4-13(18)8(5-9)7-17-10-2-3-11(15)12(16)6-10/h1-6,17-18H,7H2. The zero-order valence-corrected chi connectivity index (χ0v) is 13.2. The zero-order valence-electron chi connectivity index (χ0n) is 9.25. The molecule has 2 nitrogen and oxygen atoms in total. The molecule has 18 heavy (non-hydrogen) atoms. The van der Waals surface area contributed by atoms with Gasteiger partial charge in [0.1, 0.15) is 5.75 Å². The van der Waals surface area contributed by atoms with E-state index in [1.807, 2.05) is 24.3 Å². The molecular weight excluding hydrogens is 381 g/mol. The number of anilines is 1. The van der Waals surface area contributed by atoms with Crippen LogP contribution in [0.25, 0.3) is 0 Å². The smallest absolute Gasteiger partial charge is 0.120 e. The molecule has 0 bridgehead atoms. The van der Waals surface area contributed by atoms with E-state index >= 15 is 0 Å². The van der Waals surface area contributed by atoms with Gasteiger partial charge in [-0.3, -0.25) is 0 Å². The van der Waals surface area contributed by atoms with Crippen molar-refractivity contribution in [2.45, 2.75) is 6.54 Å². The molecule has 0 radical (unpaired) electrons. The van der Waals surface area contributed by atoms with Gasteiger partial charge in [0.2, 0.25) is 0 Å². The van der Waals surface area contributed by atoms with Crippen molar-refractivity contribution in [2.75, 3.05) is 5.32 Å². The normalized spacial score (nSPS) is 10.4. The van der Waals surface area contributed by atoms with Crippen LogP contribution in [-0.2, 0) is 6.54 Å². The largest absolute Gasteiger partial charge is 0.508 e. The molecule has 2 aromatic rings. The average Bonchev–Trinajstić information content (AvgIpc) is 2.34. The molecule has 94 valence electrons. The molecule has 2 N–H and O–H groups in total. The molecule has 0 aliphatic rings. The van der Waals surface area contributed by atoms with Crippen LogP contribution in [-0.4, -0.2) is 5.11 Å². The van der Waals surface area contributed by atoms with Crippen molar-refractivity contribution in [2.24, 2.45) is 0 Å². The van der Waals surface area contributed by atoms with Crippen LogP contribution in [0.2, 0.25) is 5.02 Å². The Bertz CT molecular complexity index is 575. The molecule has 0 heterocycles. The minimum absolute atomic E-state index is 0.272. The van der Waals surface area contributed by atoms with E-state index in [-0.39, 0.29) is 5.75 Å². The molecule has 0 aliphatic heterocycles. The summed E-state index contributed by atoms with van der Waals surface area (Å²) in [4.78, 5) is 0. The maximum absolute atomic E-state index is 9.72. The lowest BCUT2D eigenvalue weighted by molar-refractivity contribution is 0.469. The predicted molar refractivity (Wildman–Crippen MR) is 82.3 cm³/mol. The zero-order chi connectivity index (χ0) is 13.1. The molecule has 0 aliphatic carbocycles. The molecule has 0 saturated heterocycles. The number of phenols is 1. The highest BCUT2D eigenvalue weighted by Crippen LogP contribution is 2.27. The third-order valence-corrected chi connectivity index (χ3v) is 4.17. The van der Waals surface area contributed by atoms with Crippen molar-refractivity contribution in [3.05, 3.63) is 55.9 Å². The lowest BCUT2D eigenvalue weighted by Gasteiger charge is -2.09. The average molecular weight is 391 g/mol. The molecule has 2 aromatic carbocycles. The second kappa shape index (κ2) is 5.95. The predicted octanol–water partition coefficient (Wildman–Crippen LogP) is 5.18. The van der Waals surface area contributed by atoms with E-state index in [9.17, 15) is 5.11 Å². The Morgan fingerprint density at radius 2 is 1.89 bits per heavy atom. The fourth-order valence-corrected chi connectivity index (χ4v) is 2.33. The molecule has 0 spiro atoms. The van der Waals surface area contributed by atoms with Crippen LogP contribution in [0.5, 0.6) is 5.75 Å². The Balaban J connectivity index is 2.11. The van der Waals surface area contributed by atoms with Crippen molar-refractivity contribution in [3.63, 3.8) is 0 Å². The topological polar surface area (TPSA) is 32.3 Å². The quantitative estimate of drug-likeness (QED) is 0.755. The Kier molecular flexibility index (Phi) is 4.54. The number of rotatable bonds is 3. The summed E-state index contributed by atoms with van der Waals surface area (Å²) < 4.78 is 1.80. The molecule has 0 fully saturated rings. The summed E-state index contributed by atoms with van der Waals surface area (Å²) in [5.74, 6) is 0.272. The maximum atomic E-state index is 9.72. The van der Waals surface area contributed by atoms with Crippen molar-refractivity contribution in [1.29, 1.82) is 0 Å². The van der Waals surface area contributed by atoms with E-state index in [2.05, 4.69) is 37.2 Å². The van der Waals surface area contributed by atoms with Gasteiger partial charge in [0.15, 0.2) is 0 Å². The number of hydrogen-bond donors (Lipinski definition) is 2. The van der Waals surface area contributed by atoms with E-state index in [0.717, 1.165) is 20.2 Å². The summed E-state index contributed by atoms with van der Waals surface area (Å²) in [5, 5.41) is 13.6. The van der Waals surface area contributed by atoms with Crippen molar-refractivity contribution < 1.29 is 5.11 Å². The molecule has 0 unspecified atom stereocenters. The molecule has 5 heteroatoms. The molecule has 0 saturated carbocycles. The Hall–Kier alpha value is -0.710. The van der Waals surface area contributed by atoms with Crippen LogP contribution in [0.4, 0.5) is 5.69 Å². The SMILES string of the molecule is Oc1ccc(Br)cc1CNc1ccc(Br)c(Cl)c1. The Morgan fingerprint density at radius 1 is 1.11 bits per heavy atom. The second-order valence-corrected chi connectivity index (χ2v) is 5.93. The third-order valence-electron chi connectivity index (χ3n) is 2.44. The Labute approximate surface area is 127 Å². The second-order valence-electron chi connectivity index (χ2n) is 3.76. The summed E-state index contributed by atoms with van der Waals surface area (Å²) in [6.07, 6.45) is 0. The first kappa shape index (κ1) is 13.7. The summed E-state index contributed by atoms with van der Waals surface area (Å²) in [5.41, 5.74) is 1.73. The van der Waals surface area contributed by atoms with Gasteiger partial charge >= 0.3 is 0 Å². The summed E-state index contributed by atoms with van der Waals surface area (Å²) in [6, 6.07) is 11.0. The van der Waals surface area contributed by atoms with Crippen molar-refractivity contribution >= 4 is 49.1 Å². The lowest BCUT2D eigenvalue weighted by Crippen LogP contribution is -1.99. The number of phenolic OH excluding ortho intramolecular Hbond substituents is 1. The highest BCUT2D eigenvalue weighted by Gasteiger charge is 2.03. The lowest BCUT2D eigenvalue weighted by atomic mass is 10.2. The van der Waals surface area contributed by atoms with Gasteiger partial charge in [-0.15, -0.1) is 0 Å². The van der Waals surface area contributed by atoms with Gasteiger partial charge < -0.3 is 10.4 Å². The van der Waals surface area contributed by atoms with Gasteiger partial charge in [-0.2, -0.15) is 0 Å². The Morgan fingerprint density at radius 3 is 2.61 bits per heavy atom. The third kappa shape index (κ3) is 3.40. The monoisotopic (exact) mass is 389 g/mol. The summed E-state index contributed by atoms with van der Waals surface area (Å²) in [6.45, 7) is 0.531. The minimum Gasteiger partial charge on any atom is -0.508 e. The first-order valence-corrected chi connectivity index (χ1v) is 7.19. The van der Waals surface area contributed by atoms with Crippen LogP contribution >= 0.6 is 43.5 Å². The number of hydrogen-bond acceptors (Lipinski definition) is 2. The number of benzene rings is 2. The van der Waals surface area contributed by atoms with Gasteiger partial charge in [0.25, 0.3) is 0 Å². The first-order chi connectivity index (χ1) is 8.56. The van der Waals surface area contributed by atoms with E-state index in [1.165, 1.54) is 0 Å². The van der Waals surface area contributed by atoms with Gasteiger partial charge in [-0.25, -0.2) is 0 Å². The van der Waals surface area contributed by atoms with Crippen LogP contribution in [0.15, 0.2) is 45.3 Å². The molecular formula is C13H10Br2ClNO. The first-order valence-electron chi connectivity index (χ1n) is 5.22. The summed E-state index contributed by atoms with van der Waals surface area (Å²) >= 11 is 12.7. The van der Waals surface area contributed by atoms with Crippen LogP contribution in [0.1, 0.15) is 5.56 Å². The van der Waals surface area contributed by atoms with Gasteiger partial charge in [-0.1, -0.05) is 27.5 Å². The maximum Gasteiger partial charge on any atom is 0.120 e. The van der Waals surface area contributed by atoms with E-state index < -0.39 is 0 Å². The van der Waals surface area contributed by atoms with Crippen LogP contribution < -0.4 is 5.32 Å². The minimum atomic E-state index is 0.272. The van der Waals surface area contributed by atoms with E-state index in [0.29, 0.717) is 11.6 Å². The van der Waals surface area contributed by atoms with E-state index in [4.69, 9.17) is 11.6 Å². The van der Waals surface area contributed by atoms with Gasteiger partial charge in [0, 0.05) is 26.7 Å².